The van der Waals surface area contributed by atoms with Crippen molar-refractivity contribution in [3.8, 4) is 0 Å². The second-order valence-electron chi connectivity index (χ2n) is 7.36. The fourth-order valence-corrected chi connectivity index (χ4v) is 4.11. The Hall–Kier alpha value is -4.24. The highest BCUT2D eigenvalue weighted by molar-refractivity contribution is 8.18. The van der Waals surface area contributed by atoms with Crippen molar-refractivity contribution in [2.24, 2.45) is 10.2 Å². The van der Waals surface area contributed by atoms with E-state index in [0.717, 1.165) is 22.9 Å². The lowest BCUT2D eigenvalue weighted by atomic mass is 10.1. The molecule has 170 valence electrons. The van der Waals surface area contributed by atoms with Crippen molar-refractivity contribution in [1.82, 2.24) is 4.90 Å². The molecule has 0 aliphatic carbocycles. The van der Waals surface area contributed by atoms with Crippen LogP contribution in [0.2, 0.25) is 0 Å². The Morgan fingerprint density at radius 2 is 1.91 bits per heavy atom. The van der Waals surface area contributed by atoms with Gasteiger partial charge in [0.2, 0.25) is 0 Å². The third-order valence-electron chi connectivity index (χ3n) is 4.76. The van der Waals surface area contributed by atoms with Gasteiger partial charge in [0, 0.05) is 12.1 Å². The van der Waals surface area contributed by atoms with Crippen molar-refractivity contribution in [2.75, 3.05) is 0 Å². The van der Waals surface area contributed by atoms with E-state index >= 15 is 0 Å². The predicted molar refractivity (Wildman–Crippen MR) is 134 cm³/mol. The van der Waals surface area contributed by atoms with E-state index in [-0.39, 0.29) is 18.1 Å². The minimum absolute atomic E-state index is 0.0450. The summed E-state index contributed by atoms with van der Waals surface area (Å²) in [7, 11) is 0. The average Bonchev–Trinajstić information content (AvgIpc) is 3.44. The van der Waals surface area contributed by atoms with Gasteiger partial charge in [-0.25, -0.2) is 0 Å². The Morgan fingerprint density at radius 3 is 2.65 bits per heavy atom. The molecule has 2 aromatic carbocycles. The molecule has 1 amide bonds. The van der Waals surface area contributed by atoms with Crippen molar-refractivity contribution in [3.05, 3.63) is 110 Å². The molecule has 34 heavy (non-hydrogen) atoms. The van der Waals surface area contributed by atoms with Gasteiger partial charge in [-0.05, 0) is 53.6 Å². The molecule has 1 saturated heterocycles. The minimum Gasteiger partial charge on any atom is -0.467 e. The van der Waals surface area contributed by atoms with Gasteiger partial charge in [0.05, 0.1) is 28.9 Å². The maximum absolute atomic E-state index is 13.1. The molecule has 0 radical (unpaired) electrons. The van der Waals surface area contributed by atoms with E-state index in [9.17, 15) is 14.9 Å². The number of benzene rings is 2. The van der Waals surface area contributed by atoms with Crippen LogP contribution in [-0.4, -0.2) is 27.1 Å². The van der Waals surface area contributed by atoms with Gasteiger partial charge in [0.15, 0.2) is 5.17 Å². The van der Waals surface area contributed by atoms with Crippen LogP contribution in [0.1, 0.15) is 23.8 Å². The van der Waals surface area contributed by atoms with Gasteiger partial charge in [-0.3, -0.25) is 19.8 Å². The fourth-order valence-electron chi connectivity index (χ4n) is 3.18. The van der Waals surface area contributed by atoms with E-state index in [1.165, 1.54) is 23.3 Å². The van der Waals surface area contributed by atoms with E-state index in [0.29, 0.717) is 21.4 Å². The zero-order valence-electron chi connectivity index (χ0n) is 18.2. The Kier molecular flexibility index (Phi) is 7.14. The molecule has 0 unspecified atom stereocenters. The Morgan fingerprint density at radius 1 is 1.12 bits per heavy atom. The topological polar surface area (TPSA) is 101 Å². The number of thioether (sulfide) groups is 1. The number of carbonyl (C=O) groups is 1. The lowest BCUT2D eigenvalue weighted by Gasteiger charge is -2.12. The summed E-state index contributed by atoms with van der Waals surface area (Å²) < 4.78 is 5.40. The first-order chi connectivity index (χ1) is 16.5. The zero-order chi connectivity index (χ0) is 23.9. The number of non-ortho nitro benzene ring substituents is 1. The van der Waals surface area contributed by atoms with E-state index in [1.54, 1.807) is 36.6 Å². The molecule has 0 saturated carbocycles. The third kappa shape index (κ3) is 5.76. The molecular weight excluding hydrogens is 452 g/mol. The van der Waals surface area contributed by atoms with Crippen LogP contribution in [-0.2, 0) is 11.3 Å². The van der Waals surface area contributed by atoms with Gasteiger partial charge in [-0.1, -0.05) is 48.5 Å². The van der Waals surface area contributed by atoms with Crippen LogP contribution in [0, 0.1) is 10.1 Å². The number of nitrogens with zero attached hydrogens (tertiary/aromatic N) is 4. The Bertz CT molecular complexity index is 1310. The van der Waals surface area contributed by atoms with E-state index in [1.807, 2.05) is 43.3 Å². The van der Waals surface area contributed by atoms with Crippen LogP contribution >= 0.6 is 11.8 Å². The summed E-state index contributed by atoms with van der Waals surface area (Å²) in [5.41, 5.74) is 2.45. The number of hydrogen-bond donors (Lipinski definition) is 0. The Labute approximate surface area is 200 Å². The van der Waals surface area contributed by atoms with Gasteiger partial charge in [0.1, 0.15) is 5.76 Å². The quantitative estimate of drug-likeness (QED) is 0.189. The number of allylic oxidation sites excluding steroid dienone is 1. The summed E-state index contributed by atoms with van der Waals surface area (Å²) in [6, 6.07) is 19.5. The molecular formula is C25H20N4O4S. The molecule has 1 aliphatic rings. The summed E-state index contributed by atoms with van der Waals surface area (Å²) in [6.45, 7) is 2.11. The highest BCUT2D eigenvalue weighted by Gasteiger charge is 2.34. The number of hydrogen-bond acceptors (Lipinski definition) is 7. The van der Waals surface area contributed by atoms with Crippen LogP contribution in [0.3, 0.4) is 0 Å². The maximum atomic E-state index is 13.1. The van der Waals surface area contributed by atoms with Gasteiger partial charge in [-0.15, -0.1) is 5.10 Å². The van der Waals surface area contributed by atoms with Crippen molar-refractivity contribution in [3.63, 3.8) is 0 Å². The highest BCUT2D eigenvalue weighted by Crippen LogP contribution is 2.34. The maximum Gasteiger partial charge on any atom is 0.270 e. The molecule has 0 bridgehead atoms. The van der Waals surface area contributed by atoms with E-state index in [4.69, 9.17) is 4.42 Å². The molecule has 0 spiro atoms. The molecule has 4 rings (SSSR count). The lowest BCUT2D eigenvalue weighted by Crippen LogP contribution is -2.28. The second kappa shape index (κ2) is 10.6. The zero-order valence-corrected chi connectivity index (χ0v) is 19.0. The third-order valence-corrected chi connectivity index (χ3v) is 5.76. The minimum atomic E-state index is -0.471. The van der Waals surface area contributed by atoms with Crippen molar-refractivity contribution < 1.29 is 14.1 Å². The first kappa shape index (κ1) is 22.9. The van der Waals surface area contributed by atoms with E-state index in [2.05, 4.69) is 10.2 Å². The smallest absolute Gasteiger partial charge is 0.270 e. The summed E-state index contributed by atoms with van der Waals surface area (Å²) in [5.74, 6) is 0.320. The predicted octanol–water partition coefficient (Wildman–Crippen LogP) is 5.75. The monoisotopic (exact) mass is 472 g/mol. The normalized spacial score (nSPS) is 16.8. The number of amidine groups is 1. The van der Waals surface area contributed by atoms with Crippen LogP contribution in [0.4, 0.5) is 5.69 Å². The molecule has 2 heterocycles. The summed E-state index contributed by atoms with van der Waals surface area (Å²) >= 11 is 1.16. The lowest BCUT2D eigenvalue weighted by molar-refractivity contribution is -0.384. The number of amides is 1. The first-order valence-corrected chi connectivity index (χ1v) is 11.1. The van der Waals surface area contributed by atoms with Gasteiger partial charge < -0.3 is 4.42 Å². The summed E-state index contributed by atoms with van der Waals surface area (Å²) in [5, 5.41) is 19.9. The van der Waals surface area contributed by atoms with Crippen LogP contribution in [0.25, 0.3) is 12.2 Å². The number of rotatable bonds is 7. The largest absolute Gasteiger partial charge is 0.467 e. The first-order valence-electron chi connectivity index (χ1n) is 10.3. The van der Waals surface area contributed by atoms with Gasteiger partial charge in [0.25, 0.3) is 11.6 Å². The summed E-state index contributed by atoms with van der Waals surface area (Å²) in [6.07, 6.45) is 6.75. The fraction of sp³-hybridized carbons (Fsp3) is 0.0800. The van der Waals surface area contributed by atoms with Crippen LogP contribution in [0.5, 0.6) is 0 Å². The average molecular weight is 473 g/mol. The molecule has 0 N–H and O–H groups in total. The van der Waals surface area contributed by atoms with Crippen LogP contribution < -0.4 is 0 Å². The number of carbonyl (C=O) groups excluding carboxylic acids is 1. The number of nitro groups is 1. The Balaban J connectivity index is 1.60. The molecule has 8 nitrogen and oxygen atoms in total. The van der Waals surface area contributed by atoms with Crippen LogP contribution in [0.15, 0.2) is 98.1 Å². The van der Waals surface area contributed by atoms with Crippen molar-refractivity contribution >= 4 is 46.9 Å². The van der Waals surface area contributed by atoms with Gasteiger partial charge in [-0.2, -0.15) is 5.10 Å². The summed E-state index contributed by atoms with van der Waals surface area (Å²) in [4.78, 5) is 25.6. The second-order valence-corrected chi connectivity index (χ2v) is 8.37. The number of furan rings is 1. The van der Waals surface area contributed by atoms with Gasteiger partial charge >= 0.3 is 0 Å². The SMILES string of the molecule is CC(/C=N/N=C1\S/C(=C\c2cccc([N+](=O)[O-])c2)C(=O)N1Cc1ccco1)=C\c1ccccc1. The van der Waals surface area contributed by atoms with E-state index < -0.39 is 4.92 Å². The standard InChI is InChI=1S/C25H20N4O4S/c1-18(13-19-7-3-2-4-8-19)16-26-27-25-28(17-22-11-6-12-33-22)24(30)23(34-25)15-20-9-5-10-21(14-20)29(31)32/h2-16H,17H2,1H3/b18-13+,23-15-,26-16+,27-25-. The molecule has 1 aliphatic heterocycles. The molecule has 1 aromatic heterocycles. The highest BCUT2D eigenvalue weighted by atomic mass is 32.2. The number of nitro benzene ring substituents is 1. The van der Waals surface area contributed by atoms with Crippen molar-refractivity contribution in [1.29, 1.82) is 0 Å². The molecule has 9 heteroatoms. The van der Waals surface area contributed by atoms with Crippen molar-refractivity contribution in [2.45, 2.75) is 13.5 Å². The molecule has 1 fully saturated rings. The molecule has 0 atom stereocenters. The molecule has 3 aromatic rings.